The Hall–Kier alpha value is -3.07. The molecular weight excluding hydrogens is 536 g/mol. The molecule has 1 aromatic rings. The van der Waals surface area contributed by atoms with Crippen molar-refractivity contribution in [2.45, 2.75) is 78.4 Å². The average molecular weight is 585 g/mol. The molecule has 0 spiro atoms. The lowest BCUT2D eigenvalue weighted by Crippen LogP contribution is -2.62. The molecule has 1 saturated heterocycles. The lowest BCUT2D eigenvalue weighted by molar-refractivity contribution is -0.182. The minimum absolute atomic E-state index is 0.0147. The summed E-state index contributed by atoms with van der Waals surface area (Å²) in [7, 11) is 4.58. The fourth-order valence-electron chi connectivity index (χ4n) is 6.35. The van der Waals surface area contributed by atoms with Gasteiger partial charge in [0.05, 0.1) is 33.5 Å². The van der Waals surface area contributed by atoms with Crippen LogP contribution in [0.2, 0.25) is 0 Å². The molecule has 1 saturated carbocycles. The lowest BCUT2D eigenvalue weighted by atomic mass is 9.64. The number of amides is 2. The quantitative estimate of drug-likeness (QED) is 0.340. The van der Waals surface area contributed by atoms with E-state index >= 15 is 0 Å². The Bertz CT molecular complexity index is 1170. The van der Waals surface area contributed by atoms with E-state index in [1.807, 2.05) is 24.3 Å². The summed E-state index contributed by atoms with van der Waals surface area (Å²) < 4.78 is 23.0. The third kappa shape index (κ3) is 6.61. The Morgan fingerprint density at radius 2 is 1.81 bits per heavy atom. The van der Waals surface area contributed by atoms with Crippen molar-refractivity contribution in [1.29, 1.82) is 0 Å². The Kier molecular flexibility index (Phi) is 10.2. The van der Waals surface area contributed by atoms with Gasteiger partial charge in [0.25, 0.3) is 0 Å². The van der Waals surface area contributed by atoms with Gasteiger partial charge in [-0.05, 0) is 73.6 Å². The summed E-state index contributed by atoms with van der Waals surface area (Å²) in [5.41, 5.74) is 0.470. The molecule has 9 heteroatoms. The van der Waals surface area contributed by atoms with Crippen LogP contribution in [-0.2, 0) is 30.3 Å². The maximum absolute atomic E-state index is 14.2. The van der Waals surface area contributed by atoms with Gasteiger partial charge in [0.2, 0.25) is 11.8 Å². The first-order chi connectivity index (χ1) is 20.0. The van der Waals surface area contributed by atoms with Crippen LogP contribution in [0.1, 0.15) is 65.4 Å². The Labute approximate surface area is 250 Å². The molecule has 4 atom stereocenters. The number of benzene rings is 1. The highest BCUT2D eigenvalue weighted by Crippen LogP contribution is 2.56. The molecule has 0 bridgehead atoms. The van der Waals surface area contributed by atoms with Crippen molar-refractivity contribution >= 4 is 17.8 Å². The van der Waals surface area contributed by atoms with Crippen molar-refractivity contribution in [3.63, 3.8) is 0 Å². The highest BCUT2D eigenvalue weighted by atomic mass is 16.5. The number of carbonyl (C=O) groups excluding carboxylic acids is 3. The number of methoxy groups -OCH3 is 3. The smallest absolute Gasteiger partial charge is 0.320 e. The number of hydrogen-bond donors (Lipinski definition) is 1. The predicted molar refractivity (Wildman–Crippen MR) is 159 cm³/mol. The number of piperidine rings is 1. The number of nitrogens with zero attached hydrogens (tertiary/aromatic N) is 1. The maximum Gasteiger partial charge on any atom is 0.320 e. The molecule has 0 radical (unpaired) electrons. The standard InChI is InChI=1S/C33H48N2O7/c1-20(2)12-14-34-29(36)17-24-19-33(32(38)41-7)28(18-26(21(3)4)42-30(33)23-9-10-23)35(31(24)37)15-13-22-8-11-25(39-5)27(16-22)40-6/h8,11,16,18,20-21,23-24,26,30H,9-10,12-15,17,19H2,1-7H3,(H,34,36)/t24-,26-,30-,33-/m0/s1. The van der Waals surface area contributed by atoms with E-state index in [0.29, 0.717) is 42.6 Å². The van der Waals surface area contributed by atoms with E-state index in [1.54, 1.807) is 19.1 Å². The number of fused-ring (bicyclic) bond motifs is 1. The first kappa shape index (κ1) is 31.9. The minimum Gasteiger partial charge on any atom is -0.493 e. The molecule has 1 N–H and O–H groups in total. The molecule has 0 unspecified atom stereocenters. The summed E-state index contributed by atoms with van der Waals surface area (Å²) in [5, 5.41) is 2.98. The molecule has 2 heterocycles. The third-order valence-electron chi connectivity index (χ3n) is 8.85. The van der Waals surface area contributed by atoms with Gasteiger partial charge in [-0.15, -0.1) is 0 Å². The zero-order valence-corrected chi connectivity index (χ0v) is 26.2. The van der Waals surface area contributed by atoms with Crippen LogP contribution in [0.25, 0.3) is 0 Å². The van der Waals surface area contributed by atoms with Crippen LogP contribution in [0.3, 0.4) is 0 Å². The molecule has 2 amide bonds. The largest absolute Gasteiger partial charge is 0.493 e. The summed E-state index contributed by atoms with van der Waals surface area (Å²) >= 11 is 0. The van der Waals surface area contributed by atoms with E-state index < -0.39 is 23.4 Å². The topological polar surface area (TPSA) is 103 Å². The molecule has 232 valence electrons. The van der Waals surface area contributed by atoms with Gasteiger partial charge < -0.3 is 29.2 Å². The summed E-state index contributed by atoms with van der Waals surface area (Å²) in [6.45, 7) is 9.27. The lowest BCUT2D eigenvalue weighted by Gasteiger charge is -2.53. The average Bonchev–Trinajstić information content (AvgIpc) is 3.81. The molecule has 3 aliphatic rings. The van der Waals surface area contributed by atoms with E-state index in [4.69, 9.17) is 18.9 Å². The van der Waals surface area contributed by atoms with Crippen molar-refractivity contribution < 1.29 is 33.3 Å². The van der Waals surface area contributed by atoms with Crippen molar-refractivity contribution in [3.8, 4) is 11.5 Å². The van der Waals surface area contributed by atoms with Crippen LogP contribution in [0.15, 0.2) is 30.0 Å². The maximum atomic E-state index is 14.2. The van der Waals surface area contributed by atoms with Crippen molar-refractivity contribution in [1.82, 2.24) is 10.2 Å². The molecule has 2 aliphatic heterocycles. The van der Waals surface area contributed by atoms with Crippen LogP contribution in [-0.4, -0.2) is 69.3 Å². The molecule has 1 aliphatic carbocycles. The van der Waals surface area contributed by atoms with E-state index in [-0.39, 0.29) is 42.6 Å². The normalized spacial score (nSPS) is 25.6. The Morgan fingerprint density at radius 3 is 2.40 bits per heavy atom. The second kappa shape index (κ2) is 13.5. The SMILES string of the molecule is COC(=O)[C@@]12C[C@H](CC(=O)NCCC(C)C)C(=O)N(CCc3ccc(OC)c(OC)c3)C1=C[C@@H](C(C)C)O[C@H]2C1CC1. The van der Waals surface area contributed by atoms with Gasteiger partial charge in [-0.2, -0.15) is 0 Å². The number of rotatable bonds is 13. The van der Waals surface area contributed by atoms with Crippen LogP contribution in [0, 0.1) is 29.1 Å². The summed E-state index contributed by atoms with van der Waals surface area (Å²) in [6, 6.07) is 5.70. The van der Waals surface area contributed by atoms with E-state index in [0.717, 1.165) is 24.8 Å². The van der Waals surface area contributed by atoms with Crippen molar-refractivity contribution in [2.75, 3.05) is 34.4 Å². The van der Waals surface area contributed by atoms with Crippen LogP contribution < -0.4 is 14.8 Å². The number of ether oxygens (including phenoxy) is 4. The molecule has 0 aromatic heterocycles. The number of nitrogens with one attached hydrogen (secondary N) is 1. The number of carbonyl (C=O) groups is 3. The molecule has 4 rings (SSSR count). The van der Waals surface area contributed by atoms with Gasteiger partial charge in [-0.1, -0.05) is 33.8 Å². The zero-order valence-electron chi connectivity index (χ0n) is 26.2. The third-order valence-corrected chi connectivity index (χ3v) is 8.85. The van der Waals surface area contributed by atoms with Crippen molar-refractivity contribution in [2.24, 2.45) is 29.1 Å². The van der Waals surface area contributed by atoms with Gasteiger partial charge in [0.1, 0.15) is 5.41 Å². The van der Waals surface area contributed by atoms with E-state index in [1.165, 1.54) is 7.11 Å². The number of likely N-dealkylation sites (tertiary alicyclic amines) is 1. The molecular formula is C33H48N2O7. The van der Waals surface area contributed by atoms with Gasteiger partial charge >= 0.3 is 5.97 Å². The fourth-order valence-corrected chi connectivity index (χ4v) is 6.35. The monoisotopic (exact) mass is 584 g/mol. The summed E-state index contributed by atoms with van der Waals surface area (Å²) in [5.74, 6) is 0.656. The van der Waals surface area contributed by atoms with Crippen molar-refractivity contribution in [3.05, 3.63) is 35.5 Å². The molecule has 42 heavy (non-hydrogen) atoms. The second-order valence-electron chi connectivity index (χ2n) is 12.7. The van der Waals surface area contributed by atoms with Gasteiger partial charge in [0, 0.05) is 31.1 Å². The molecule has 2 fully saturated rings. The fraction of sp³-hybridized carbons (Fsp3) is 0.667. The second-order valence-corrected chi connectivity index (χ2v) is 12.7. The van der Waals surface area contributed by atoms with Gasteiger partial charge in [-0.25, -0.2) is 0 Å². The first-order valence-corrected chi connectivity index (χ1v) is 15.3. The van der Waals surface area contributed by atoms with Crippen LogP contribution >= 0.6 is 0 Å². The zero-order chi connectivity index (χ0) is 30.6. The van der Waals surface area contributed by atoms with E-state index in [9.17, 15) is 14.4 Å². The highest BCUT2D eigenvalue weighted by molar-refractivity contribution is 5.92. The number of hydrogen-bond acceptors (Lipinski definition) is 7. The highest BCUT2D eigenvalue weighted by Gasteiger charge is 2.63. The van der Waals surface area contributed by atoms with E-state index in [2.05, 4.69) is 33.0 Å². The summed E-state index contributed by atoms with van der Waals surface area (Å²) in [6.07, 6.45) is 4.82. The molecule has 9 nitrogen and oxygen atoms in total. The minimum atomic E-state index is -1.16. The van der Waals surface area contributed by atoms with Gasteiger partial charge in [-0.3, -0.25) is 14.4 Å². The summed E-state index contributed by atoms with van der Waals surface area (Å²) in [4.78, 5) is 42.9. The van der Waals surface area contributed by atoms with Crippen LogP contribution in [0.4, 0.5) is 0 Å². The molecule has 1 aromatic carbocycles. The Balaban J connectivity index is 1.72. The van der Waals surface area contributed by atoms with Gasteiger partial charge in [0.15, 0.2) is 11.5 Å². The Morgan fingerprint density at radius 1 is 1.10 bits per heavy atom. The predicted octanol–water partition coefficient (Wildman–Crippen LogP) is 4.52. The first-order valence-electron chi connectivity index (χ1n) is 15.3. The number of esters is 1. The van der Waals surface area contributed by atoms with Crippen LogP contribution in [0.5, 0.6) is 11.5 Å².